The lowest BCUT2D eigenvalue weighted by Crippen LogP contribution is -2.32. The largest absolute Gasteiger partial charge is 0.364 e. The van der Waals surface area contributed by atoms with Gasteiger partial charge < -0.3 is 4.90 Å². The zero-order valence-electron chi connectivity index (χ0n) is 7.87. The smallest absolute Gasteiger partial charge is 0.149 e. The average Bonchev–Trinajstić information content (AvgIpc) is 1.94. The van der Waals surface area contributed by atoms with Gasteiger partial charge in [0, 0.05) is 12.2 Å². The molecule has 1 aliphatic rings. The summed E-state index contributed by atoms with van der Waals surface area (Å²) >= 11 is 0. The van der Waals surface area contributed by atoms with Crippen molar-refractivity contribution in [2.24, 2.45) is 0 Å². The summed E-state index contributed by atoms with van der Waals surface area (Å²) in [4.78, 5) is 12.9. The highest BCUT2D eigenvalue weighted by atomic mass is 16.1. The van der Waals surface area contributed by atoms with Gasteiger partial charge in [-0.3, -0.25) is 4.79 Å². The number of rotatable bonds is 2. The van der Waals surface area contributed by atoms with Gasteiger partial charge in [0.15, 0.2) is 0 Å². The molecule has 0 bridgehead atoms. The molecule has 66 valence electrons. The quantitative estimate of drug-likeness (QED) is 0.621. The fourth-order valence-electron chi connectivity index (χ4n) is 1.33. The molecule has 1 heterocycles. The van der Waals surface area contributed by atoms with Gasteiger partial charge in [0.05, 0.1) is 6.54 Å². The molecule has 0 aromatic heterocycles. The van der Waals surface area contributed by atoms with Gasteiger partial charge in [-0.1, -0.05) is 11.6 Å². The van der Waals surface area contributed by atoms with Crippen LogP contribution in [0.4, 0.5) is 0 Å². The van der Waals surface area contributed by atoms with E-state index in [4.69, 9.17) is 0 Å². The van der Waals surface area contributed by atoms with Crippen LogP contribution < -0.4 is 0 Å². The average molecular weight is 165 g/mol. The minimum absolute atomic E-state index is 0.208. The fraction of sp³-hybridized carbons (Fsp3) is 0.500. The molecule has 0 aliphatic carbocycles. The van der Waals surface area contributed by atoms with Crippen LogP contribution in [-0.4, -0.2) is 23.3 Å². The molecule has 0 N–H and O–H groups in total. The van der Waals surface area contributed by atoms with E-state index in [2.05, 4.69) is 19.9 Å². The Labute approximate surface area is 73.6 Å². The summed E-state index contributed by atoms with van der Waals surface area (Å²) in [6.07, 6.45) is 6.17. The number of carbonyl (C=O) groups is 1. The van der Waals surface area contributed by atoms with Crippen molar-refractivity contribution in [3.8, 4) is 0 Å². The summed E-state index contributed by atoms with van der Waals surface area (Å²) in [5.41, 5.74) is 1.27. The fourth-order valence-corrected chi connectivity index (χ4v) is 1.33. The maximum atomic E-state index is 10.8. The molecule has 0 radical (unpaired) electrons. The Morgan fingerprint density at radius 1 is 1.67 bits per heavy atom. The van der Waals surface area contributed by atoms with E-state index in [0.717, 1.165) is 0 Å². The van der Waals surface area contributed by atoms with Crippen molar-refractivity contribution in [2.75, 3.05) is 6.54 Å². The summed E-state index contributed by atoms with van der Waals surface area (Å²) in [7, 11) is 0. The van der Waals surface area contributed by atoms with Crippen molar-refractivity contribution in [3.05, 3.63) is 23.9 Å². The van der Waals surface area contributed by atoms with Gasteiger partial charge in [-0.05, 0) is 26.8 Å². The second-order valence-electron chi connectivity index (χ2n) is 3.34. The van der Waals surface area contributed by atoms with Gasteiger partial charge in [0.25, 0.3) is 0 Å². The van der Waals surface area contributed by atoms with E-state index >= 15 is 0 Å². The van der Waals surface area contributed by atoms with E-state index in [9.17, 15) is 4.79 Å². The Bertz CT molecular complexity index is 240. The molecule has 0 saturated heterocycles. The predicted octanol–water partition coefficient (Wildman–Crippen LogP) is 1.74. The monoisotopic (exact) mass is 165 g/mol. The number of allylic oxidation sites excluding steroid dienone is 2. The van der Waals surface area contributed by atoms with E-state index < -0.39 is 0 Å². The van der Waals surface area contributed by atoms with Gasteiger partial charge in [-0.2, -0.15) is 0 Å². The molecule has 0 spiro atoms. The van der Waals surface area contributed by atoms with Crippen LogP contribution in [0.2, 0.25) is 0 Å². The van der Waals surface area contributed by atoms with Crippen LogP contribution in [0.5, 0.6) is 0 Å². The third-order valence-corrected chi connectivity index (χ3v) is 1.96. The lowest BCUT2D eigenvalue weighted by Gasteiger charge is -2.27. The van der Waals surface area contributed by atoms with Crippen LogP contribution in [0, 0.1) is 0 Å². The van der Waals surface area contributed by atoms with Crippen molar-refractivity contribution in [2.45, 2.75) is 26.8 Å². The Hall–Kier alpha value is -1.05. The number of ketones is 1. The molecule has 12 heavy (non-hydrogen) atoms. The van der Waals surface area contributed by atoms with Crippen molar-refractivity contribution in [3.63, 3.8) is 0 Å². The number of hydrogen-bond donors (Lipinski definition) is 0. The van der Waals surface area contributed by atoms with E-state index in [0.29, 0.717) is 12.6 Å². The zero-order chi connectivity index (χ0) is 9.14. The highest BCUT2D eigenvalue weighted by molar-refractivity contribution is 5.77. The lowest BCUT2D eigenvalue weighted by atomic mass is 10.1. The Morgan fingerprint density at radius 3 is 2.83 bits per heavy atom. The maximum absolute atomic E-state index is 10.8. The molecule has 0 saturated carbocycles. The normalized spacial score (nSPS) is 22.4. The van der Waals surface area contributed by atoms with E-state index in [1.54, 1.807) is 6.92 Å². The third-order valence-electron chi connectivity index (χ3n) is 1.96. The number of hydrogen-bond acceptors (Lipinski definition) is 2. The van der Waals surface area contributed by atoms with Gasteiger partial charge in [-0.25, -0.2) is 0 Å². The molecule has 1 unspecified atom stereocenters. The van der Waals surface area contributed by atoms with Gasteiger partial charge >= 0.3 is 0 Å². The minimum Gasteiger partial charge on any atom is -0.364 e. The van der Waals surface area contributed by atoms with E-state index in [1.165, 1.54) is 5.57 Å². The van der Waals surface area contributed by atoms with Crippen LogP contribution >= 0.6 is 0 Å². The molecular weight excluding hydrogens is 150 g/mol. The van der Waals surface area contributed by atoms with Crippen LogP contribution in [0.1, 0.15) is 20.8 Å². The molecule has 0 aromatic rings. The summed E-state index contributed by atoms with van der Waals surface area (Å²) < 4.78 is 0. The molecule has 2 heteroatoms. The second kappa shape index (κ2) is 3.57. The van der Waals surface area contributed by atoms with Crippen LogP contribution in [-0.2, 0) is 4.79 Å². The van der Waals surface area contributed by atoms with Gasteiger partial charge in [0.2, 0.25) is 0 Å². The molecule has 0 fully saturated rings. The summed E-state index contributed by atoms with van der Waals surface area (Å²) in [6, 6.07) is 0.346. The van der Waals surface area contributed by atoms with Crippen LogP contribution in [0.15, 0.2) is 23.9 Å². The SMILES string of the molecule is CC(=O)CN1C=CC(C)=CC1C. The standard InChI is InChI=1S/C10H15NO/c1-8-4-5-11(7-10(3)12)9(2)6-8/h4-6,9H,7H2,1-3H3. The summed E-state index contributed by atoms with van der Waals surface area (Å²) in [6.45, 7) is 6.29. The summed E-state index contributed by atoms with van der Waals surface area (Å²) in [5, 5.41) is 0. The Morgan fingerprint density at radius 2 is 2.33 bits per heavy atom. The van der Waals surface area contributed by atoms with Crippen molar-refractivity contribution < 1.29 is 4.79 Å². The molecule has 1 atom stereocenters. The highest BCUT2D eigenvalue weighted by Crippen LogP contribution is 2.12. The highest BCUT2D eigenvalue weighted by Gasteiger charge is 2.11. The van der Waals surface area contributed by atoms with Crippen molar-refractivity contribution in [1.29, 1.82) is 0 Å². The van der Waals surface area contributed by atoms with Crippen LogP contribution in [0.3, 0.4) is 0 Å². The topological polar surface area (TPSA) is 20.3 Å². The number of Topliss-reactive ketones (excluding diaryl/α,β-unsaturated/α-hetero) is 1. The molecule has 2 nitrogen and oxygen atoms in total. The first-order chi connectivity index (χ1) is 5.59. The number of carbonyl (C=O) groups excluding carboxylic acids is 1. The first-order valence-electron chi connectivity index (χ1n) is 4.21. The molecule has 1 rings (SSSR count). The van der Waals surface area contributed by atoms with Crippen LogP contribution in [0.25, 0.3) is 0 Å². The first kappa shape index (κ1) is 9.04. The van der Waals surface area contributed by atoms with Crippen molar-refractivity contribution in [1.82, 2.24) is 4.90 Å². The Kier molecular flexibility index (Phi) is 2.69. The van der Waals surface area contributed by atoms with E-state index in [-0.39, 0.29) is 5.78 Å². The molecule has 1 aliphatic heterocycles. The lowest BCUT2D eigenvalue weighted by molar-refractivity contribution is -0.117. The predicted molar refractivity (Wildman–Crippen MR) is 49.7 cm³/mol. The minimum atomic E-state index is 0.208. The zero-order valence-corrected chi connectivity index (χ0v) is 7.87. The Balaban J connectivity index is 2.60. The molecule has 0 aromatic carbocycles. The number of nitrogens with zero attached hydrogens (tertiary/aromatic N) is 1. The molecular formula is C10H15NO. The third kappa shape index (κ3) is 2.22. The summed E-state index contributed by atoms with van der Waals surface area (Å²) in [5.74, 6) is 0.208. The van der Waals surface area contributed by atoms with E-state index in [1.807, 2.05) is 17.2 Å². The first-order valence-corrected chi connectivity index (χ1v) is 4.21. The maximum Gasteiger partial charge on any atom is 0.149 e. The molecule has 0 amide bonds. The second-order valence-corrected chi connectivity index (χ2v) is 3.34. The van der Waals surface area contributed by atoms with Gasteiger partial charge in [-0.15, -0.1) is 0 Å². The van der Waals surface area contributed by atoms with Crippen molar-refractivity contribution >= 4 is 5.78 Å². The van der Waals surface area contributed by atoms with Gasteiger partial charge in [0.1, 0.15) is 5.78 Å².